The molecule has 1 aromatic carbocycles. The highest BCUT2D eigenvalue weighted by molar-refractivity contribution is 5.46. The van der Waals surface area contributed by atoms with E-state index in [1.54, 1.807) is 0 Å². The van der Waals surface area contributed by atoms with Gasteiger partial charge in [0.1, 0.15) is 0 Å². The number of para-hydroxylation sites is 1. The summed E-state index contributed by atoms with van der Waals surface area (Å²) in [5.74, 6) is 0.935. The third-order valence-corrected chi connectivity index (χ3v) is 5.19. The third kappa shape index (κ3) is 5.82. The van der Waals surface area contributed by atoms with E-state index in [-0.39, 0.29) is 0 Å². The minimum Gasteiger partial charge on any atom is -0.372 e. The maximum atomic E-state index is 2.66. The van der Waals surface area contributed by atoms with Crippen molar-refractivity contribution in [3.8, 4) is 0 Å². The van der Waals surface area contributed by atoms with E-state index in [1.807, 2.05) is 13.8 Å². The van der Waals surface area contributed by atoms with E-state index in [4.69, 9.17) is 0 Å². The standard InChI is InChI=1S/C18H29N3.C2H6/c1-19-13-15-20(16-14-19)10-7-17-8-11-21(12-9-17)18-5-3-2-4-6-18;1-2/h2-6,17H,7-16H2,1H3;1-2H3. The molecule has 2 aliphatic heterocycles. The van der Waals surface area contributed by atoms with Crippen LogP contribution in [0.4, 0.5) is 5.69 Å². The lowest BCUT2D eigenvalue weighted by Crippen LogP contribution is -2.45. The van der Waals surface area contributed by atoms with Crippen LogP contribution in [0.1, 0.15) is 33.1 Å². The quantitative estimate of drug-likeness (QED) is 0.840. The van der Waals surface area contributed by atoms with Gasteiger partial charge < -0.3 is 14.7 Å². The van der Waals surface area contributed by atoms with E-state index in [1.165, 1.54) is 70.8 Å². The van der Waals surface area contributed by atoms with Crippen LogP contribution >= 0.6 is 0 Å². The summed E-state index contributed by atoms with van der Waals surface area (Å²) in [5.41, 5.74) is 1.40. The van der Waals surface area contributed by atoms with Crippen LogP contribution < -0.4 is 4.90 Å². The normalized spacial score (nSPS) is 20.9. The summed E-state index contributed by atoms with van der Waals surface area (Å²) in [6, 6.07) is 10.9. The minimum atomic E-state index is 0.935. The summed E-state index contributed by atoms with van der Waals surface area (Å²) in [7, 11) is 2.23. The zero-order valence-corrected chi connectivity index (χ0v) is 15.4. The van der Waals surface area contributed by atoms with Crippen LogP contribution in [0.3, 0.4) is 0 Å². The number of rotatable bonds is 4. The molecule has 2 heterocycles. The second-order valence-electron chi connectivity index (χ2n) is 6.70. The molecule has 0 amide bonds. The van der Waals surface area contributed by atoms with Gasteiger partial charge in [-0.1, -0.05) is 32.0 Å². The predicted octanol–water partition coefficient (Wildman–Crippen LogP) is 3.57. The van der Waals surface area contributed by atoms with Gasteiger partial charge in [0, 0.05) is 45.0 Å². The molecule has 3 rings (SSSR count). The van der Waals surface area contributed by atoms with Gasteiger partial charge in [-0.2, -0.15) is 0 Å². The molecule has 2 fully saturated rings. The summed E-state index contributed by atoms with van der Waals surface area (Å²) in [6.45, 7) is 12.8. The Kier molecular flexibility index (Phi) is 7.90. The molecule has 0 atom stereocenters. The summed E-state index contributed by atoms with van der Waals surface area (Å²) in [6.07, 6.45) is 4.12. The number of hydrogen-bond acceptors (Lipinski definition) is 3. The Hall–Kier alpha value is -1.06. The van der Waals surface area contributed by atoms with Crippen molar-refractivity contribution in [2.24, 2.45) is 5.92 Å². The van der Waals surface area contributed by atoms with Crippen molar-refractivity contribution in [2.75, 3.05) is 57.8 Å². The average Bonchev–Trinajstić information content (AvgIpc) is 2.64. The smallest absolute Gasteiger partial charge is 0.0366 e. The molecule has 0 saturated carbocycles. The van der Waals surface area contributed by atoms with Gasteiger partial charge in [0.25, 0.3) is 0 Å². The number of likely N-dealkylation sites (N-methyl/N-ethyl adjacent to an activating group) is 1. The second-order valence-corrected chi connectivity index (χ2v) is 6.70. The van der Waals surface area contributed by atoms with Gasteiger partial charge in [-0.05, 0) is 50.9 Å². The zero-order valence-electron chi connectivity index (χ0n) is 15.4. The van der Waals surface area contributed by atoms with Crippen molar-refractivity contribution in [1.82, 2.24) is 9.80 Å². The van der Waals surface area contributed by atoms with E-state index in [2.05, 4.69) is 52.1 Å². The highest BCUT2D eigenvalue weighted by Crippen LogP contribution is 2.25. The van der Waals surface area contributed by atoms with Gasteiger partial charge in [-0.15, -0.1) is 0 Å². The Morgan fingerprint density at radius 1 is 0.870 bits per heavy atom. The molecule has 0 N–H and O–H groups in total. The van der Waals surface area contributed by atoms with Crippen LogP contribution in [0.5, 0.6) is 0 Å². The molecule has 2 aliphatic rings. The molecule has 1 aromatic rings. The maximum Gasteiger partial charge on any atom is 0.0366 e. The van der Waals surface area contributed by atoms with Gasteiger partial charge in [-0.25, -0.2) is 0 Å². The topological polar surface area (TPSA) is 9.72 Å². The Morgan fingerprint density at radius 3 is 2.09 bits per heavy atom. The van der Waals surface area contributed by atoms with Crippen LogP contribution in [0.2, 0.25) is 0 Å². The molecular formula is C20H35N3. The fourth-order valence-electron chi connectivity index (χ4n) is 3.56. The number of nitrogens with zero attached hydrogens (tertiary/aromatic N) is 3. The van der Waals surface area contributed by atoms with E-state index in [0.29, 0.717) is 0 Å². The van der Waals surface area contributed by atoms with Crippen molar-refractivity contribution >= 4 is 5.69 Å². The first-order valence-corrected chi connectivity index (χ1v) is 9.52. The van der Waals surface area contributed by atoms with Gasteiger partial charge in [0.2, 0.25) is 0 Å². The Labute approximate surface area is 143 Å². The third-order valence-electron chi connectivity index (χ3n) is 5.19. The molecule has 0 unspecified atom stereocenters. The van der Waals surface area contributed by atoms with E-state index >= 15 is 0 Å². The van der Waals surface area contributed by atoms with E-state index in [9.17, 15) is 0 Å². The number of benzene rings is 1. The highest BCUT2D eigenvalue weighted by atomic mass is 15.2. The fourth-order valence-corrected chi connectivity index (χ4v) is 3.56. The first-order valence-electron chi connectivity index (χ1n) is 9.52. The summed E-state index contributed by atoms with van der Waals surface area (Å²) >= 11 is 0. The predicted molar refractivity (Wildman–Crippen MR) is 101 cm³/mol. The molecule has 3 nitrogen and oxygen atoms in total. The molecule has 23 heavy (non-hydrogen) atoms. The molecule has 3 heteroatoms. The Bertz CT molecular complexity index is 404. The lowest BCUT2D eigenvalue weighted by molar-refractivity contribution is 0.144. The second kappa shape index (κ2) is 9.94. The van der Waals surface area contributed by atoms with Crippen LogP contribution in [-0.2, 0) is 0 Å². The zero-order chi connectivity index (χ0) is 16.5. The molecule has 0 bridgehead atoms. The van der Waals surface area contributed by atoms with E-state index in [0.717, 1.165) is 5.92 Å². The van der Waals surface area contributed by atoms with Crippen molar-refractivity contribution in [1.29, 1.82) is 0 Å². The molecule has 0 aromatic heterocycles. The van der Waals surface area contributed by atoms with Gasteiger partial charge in [0.05, 0.1) is 0 Å². The molecular weight excluding hydrogens is 282 g/mol. The van der Waals surface area contributed by atoms with Crippen LogP contribution in [-0.4, -0.2) is 62.7 Å². The number of hydrogen-bond donors (Lipinski definition) is 0. The minimum absolute atomic E-state index is 0.935. The SMILES string of the molecule is CC.CN1CCN(CCC2CCN(c3ccccc3)CC2)CC1. The Balaban J connectivity index is 0.000000924. The number of piperazine rings is 1. The van der Waals surface area contributed by atoms with E-state index < -0.39 is 0 Å². The largest absolute Gasteiger partial charge is 0.372 e. The Morgan fingerprint density at radius 2 is 1.48 bits per heavy atom. The summed E-state index contributed by atoms with van der Waals surface area (Å²) in [5, 5.41) is 0. The number of anilines is 1. The van der Waals surface area contributed by atoms with Crippen LogP contribution in [0.15, 0.2) is 30.3 Å². The monoisotopic (exact) mass is 317 g/mol. The lowest BCUT2D eigenvalue weighted by atomic mass is 9.93. The van der Waals surface area contributed by atoms with Gasteiger partial charge >= 0.3 is 0 Å². The molecule has 0 radical (unpaired) electrons. The molecule has 2 saturated heterocycles. The first kappa shape index (κ1) is 18.3. The van der Waals surface area contributed by atoms with Gasteiger partial charge in [0.15, 0.2) is 0 Å². The molecule has 0 spiro atoms. The average molecular weight is 318 g/mol. The molecule has 130 valence electrons. The van der Waals surface area contributed by atoms with Crippen molar-refractivity contribution in [2.45, 2.75) is 33.1 Å². The van der Waals surface area contributed by atoms with Crippen LogP contribution in [0.25, 0.3) is 0 Å². The van der Waals surface area contributed by atoms with Crippen molar-refractivity contribution in [3.63, 3.8) is 0 Å². The number of piperidine rings is 1. The first-order chi connectivity index (χ1) is 11.3. The summed E-state index contributed by atoms with van der Waals surface area (Å²) < 4.78 is 0. The van der Waals surface area contributed by atoms with Crippen molar-refractivity contribution in [3.05, 3.63) is 30.3 Å². The molecule has 0 aliphatic carbocycles. The fraction of sp³-hybridized carbons (Fsp3) is 0.700. The van der Waals surface area contributed by atoms with Gasteiger partial charge in [-0.3, -0.25) is 0 Å². The van der Waals surface area contributed by atoms with Crippen molar-refractivity contribution < 1.29 is 0 Å². The van der Waals surface area contributed by atoms with Crippen LogP contribution in [0, 0.1) is 5.92 Å². The highest BCUT2D eigenvalue weighted by Gasteiger charge is 2.21. The summed E-state index contributed by atoms with van der Waals surface area (Å²) in [4.78, 5) is 7.64. The maximum absolute atomic E-state index is 2.66. The lowest BCUT2D eigenvalue weighted by Gasteiger charge is -2.36.